The number of benzene rings is 1. The van der Waals surface area contributed by atoms with Gasteiger partial charge in [0.2, 0.25) is 0 Å². The monoisotopic (exact) mass is 325 g/mol. The Labute approximate surface area is 142 Å². The van der Waals surface area contributed by atoms with E-state index in [9.17, 15) is 4.79 Å². The van der Waals surface area contributed by atoms with E-state index in [1.54, 1.807) is 0 Å². The second kappa shape index (κ2) is 6.81. The molecule has 1 aromatic carbocycles. The summed E-state index contributed by atoms with van der Waals surface area (Å²) in [4.78, 5) is 14.5. The fraction of sp³-hybridized carbons (Fsp3) is 0.450. The van der Waals surface area contributed by atoms with E-state index >= 15 is 0 Å². The van der Waals surface area contributed by atoms with Gasteiger partial charge in [0, 0.05) is 0 Å². The normalized spacial score (nSPS) is 25.9. The van der Waals surface area contributed by atoms with Crippen LogP contribution in [0.5, 0.6) is 0 Å². The number of morpholine rings is 1. The van der Waals surface area contributed by atoms with E-state index in [4.69, 9.17) is 9.47 Å². The van der Waals surface area contributed by atoms with Gasteiger partial charge in [-0.2, -0.15) is 0 Å². The zero-order valence-electron chi connectivity index (χ0n) is 13.8. The smallest absolute Gasteiger partial charge is 0.411 e. The quantitative estimate of drug-likeness (QED) is 0.848. The van der Waals surface area contributed by atoms with Crippen molar-refractivity contribution >= 4 is 6.09 Å². The van der Waals surface area contributed by atoms with Crippen LogP contribution in [0.15, 0.2) is 53.6 Å². The molecule has 1 fully saturated rings. The Balaban J connectivity index is 1.46. The van der Waals surface area contributed by atoms with Gasteiger partial charge in [0.05, 0.1) is 25.3 Å². The Morgan fingerprint density at radius 1 is 1.21 bits per heavy atom. The fourth-order valence-electron chi connectivity index (χ4n) is 3.87. The Hall–Kier alpha value is -2.07. The predicted molar refractivity (Wildman–Crippen MR) is 91.5 cm³/mol. The van der Waals surface area contributed by atoms with Gasteiger partial charge in [0.25, 0.3) is 0 Å². The molecule has 2 aliphatic heterocycles. The van der Waals surface area contributed by atoms with Crippen LogP contribution in [-0.2, 0) is 16.1 Å². The molecule has 0 saturated carbocycles. The molecule has 0 N–H and O–H groups in total. The minimum absolute atomic E-state index is 0.00252. The maximum Gasteiger partial charge on any atom is 0.411 e. The Morgan fingerprint density at radius 3 is 2.83 bits per heavy atom. The van der Waals surface area contributed by atoms with Crippen molar-refractivity contribution in [1.29, 1.82) is 0 Å². The third kappa shape index (κ3) is 3.11. The summed E-state index contributed by atoms with van der Waals surface area (Å²) in [5.74, 6) is 0. The fourth-order valence-corrected chi connectivity index (χ4v) is 3.87. The SMILES string of the molecule is O=C(OCc1ccccc1)N1C2C=C(C3=CCCC3)CC1COC2. The molecule has 126 valence electrons. The van der Waals surface area contributed by atoms with Crippen LogP contribution < -0.4 is 0 Å². The van der Waals surface area contributed by atoms with Crippen LogP contribution in [0.2, 0.25) is 0 Å². The number of fused-ring (bicyclic) bond motifs is 2. The molecule has 4 nitrogen and oxygen atoms in total. The van der Waals surface area contributed by atoms with Crippen LogP contribution in [0.4, 0.5) is 4.79 Å². The van der Waals surface area contributed by atoms with E-state index in [-0.39, 0.29) is 18.2 Å². The van der Waals surface area contributed by atoms with Crippen LogP contribution in [0, 0.1) is 0 Å². The molecule has 0 aromatic heterocycles. The molecule has 1 aliphatic carbocycles. The largest absolute Gasteiger partial charge is 0.445 e. The van der Waals surface area contributed by atoms with Gasteiger partial charge in [-0.25, -0.2) is 4.79 Å². The number of rotatable bonds is 3. The standard InChI is InChI=1S/C20H23NO3/c22-20(24-12-15-6-2-1-3-7-15)21-18-10-17(16-8-4-5-9-16)11-19(21)14-23-13-18/h1-3,6-8,10,18-19H,4-5,9,11-14H2. The Bertz CT molecular complexity index is 665. The molecule has 4 heteroatoms. The molecule has 3 aliphatic rings. The van der Waals surface area contributed by atoms with Crippen LogP contribution in [0.3, 0.4) is 0 Å². The zero-order valence-corrected chi connectivity index (χ0v) is 13.8. The number of amides is 1. The number of hydrogen-bond acceptors (Lipinski definition) is 3. The van der Waals surface area contributed by atoms with Gasteiger partial charge >= 0.3 is 6.09 Å². The first-order valence-electron chi connectivity index (χ1n) is 8.78. The highest BCUT2D eigenvalue weighted by Gasteiger charge is 2.39. The van der Waals surface area contributed by atoms with Crippen molar-refractivity contribution < 1.29 is 14.3 Å². The van der Waals surface area contributed by atoms with Gasteiger partial charge in [-0.1, -0.05) is 42.5 Å². The highest BCUT2D eigenvalue weighted by molar-refractivity contribution is 5.70. The van der Waals surface area contributed by atoms with Crippen molar-refractivity contribution in [3.05, 3.63) is 59.2 Å². The van der Waals surface area contributed by atoms with E-state index in [1.165, 1.54) is 30.4 Å². The van der Waals surface area contributed by atoms with Crippen molar-refractivity contribution in [3.63, 3.8) is 0 Å². The third-order valence-corrected chi connectivity index (χ3v) is 5.07. The van der Waals surface area contributed by atoms with E-state index in [1.807, 2.05) is 35.2 Å². The maximum absolute atomic E-state index is 12.6. The lowest BCUT2D eigenvalue weighted by Gasteiger charge is -2.44. The molecule has 2 heterocycles. The second-order valence-electron chi connectivity index (χ2n) is 6.72. The maximum atomic E-state index is 12.6. The summed E-state index contributed by atoms with van der Waals surface area (Å²) >= 11 is 0. The zero-order chi connectivity index (χ0) is 16.4. The van der Waals surface area contributed by atoms with Crippen molar-refractivity contribution in [2.75, 3.05) is 13.2 Å². The number of carbonyl (C=O) groups excluding carboxylic acids is 1. The molecule has 1 amide bonds. The minimum Gasteiger partial charge on any atom is -0.445 e. The Morgan fingerprint density at radius 2 is 2.08 bits per heavy atom. The van der Waals surface area contributed by atoms with Crippen LogP contribution in [0.1, 0.15) is 31.2 Å². The molecule has 0 spiro atoms. The third-order valence-electron chi connectivity index (χ3n) is 5.07. The summed E-state index contributed by atoms with van der Waals surface area (Å²) in [7, 11) is 0. The molecule has 2 unspecified atom stereocenters. The highest BCUT2D eigenvalue weighted by Crippen LogP contribution is 2.35. The second-order valence-corrected chi connectivity index (χ2v) is 6.72. The Kier molecular flexibility index (Phi) is 4.39. The molecule has 4 rings (SSSR count). The average molecular weight is 325 g/mol. The summed E-state index contributed by atoms with van der Waals surface area (Å²) < 4.78 is 11.2. The summed E-state index contributed by atoms with van der Waals surface area (Å²) in [5.41, 5.74) is 3.90. The summed E-state index contributed by atoms with van der Waals surface area (Å²) in [6, 6.07) is 9.90. The number of ether oxygens (including phenoxy) is 2. The van der Waals surface area contributed by atoms with Crippen LogP contribution in [-0.4, -0.2) is 36.3 Å². The van der Waals surface area contributed by atoms with E-state index in [2.05, 4.69) is 12.2 Å². The topological polar surface area (TPSA) is 38.8 Å². The highest BCUT2D eigenvalue weighted by atomic mass is 16.6. The average Bonchev–Trinajstić information content (AvgIpc) is 3.14. The molecule has 2 atom stereocenters. The van der Waals surface area contributed by atoms with Gasteiger partial charge in [-0.05, 0) is 42.4 Å². The number of nitrogens with zero attached hydrogens (tertiary/aromatic N) is 1. The van der Waals surface area contributed by atoms with Crippen molar-refractivity contribution in [2.45, 2.75) is 44.4 Å². The number of allylic oxidation sites excluding steroid dienone is 2. The van der Waals surface area contributed by atoms with E-state index in [0.717, 1.165) is 12.0 Å². The first-order valence-corrected chi connectivity index (χ1v) is 8.78. The van der Waals surface area contributed by atoms with Gasteiger partial charge < -0.3 is 9.47 Å². The van der Waals surface area contributed by atoms with Crippen LogP contribution >= 0.6 is 0 Å². The molecule has 2 bridgehead atoms. The van der Waals surface area contributed by atoms with Crippen LogP contribution in [0.25, 0.3) is 0 Å². The molecular weight excluding hydrogens is 302 g/mol. The van der Waals surface area contributed by atoms with E-state index < -0.39 is 0 Å². The number of hydrogen-bond donors (Lipinski definition) is 0. The minimum atomic E-state index is -0.229. The first-order chi connectivity index (χ1) is 11.8. The summed E-state index contributed by atoms with van der Waals surface area (Å²) in [5, 5.41) is 0. The predicted octanol–water partition coefficient (Wildman–Crippen LogP) is 3.83. The lowest BCUT2D eigenvalue weighted by molar-refractivity contribution is -0.0369. The van der Waals surface area contributed by atoms with E-state index in [0.29, 0.717) is 19.8 Å². The molecule has 1 aromatic rings. The van der Waals surface area contributed by atoms with Gasteiger partial charge in [0.15, 0.2) is 0 Å². The molecule has 24 heavy (non-hydrogen) atoms. The lowest BCUT2D eigenvalue weighted by Crippen LogP contribution is -2.56. The van der Waals surface area contributed by atoms with Crippen molar-refractivity contribution in [2.24, 2.45) is 0 Å². The summed E-state index contributed by atoms with van der Waals surface area (Å²) in [6.07, 6.45) is 8.83. The summed E-state index contributed by atoms with van der Waals surface area (Å²) in [6.45, 7) is 1.48. The molecule has 1 saturated heterocycles. The first kappa shape index (κ1) is 15.5. The van der Waals surface area contributed by atoms with Crippen molar-refractivity contribution in [1.82, 2.24) is 4.90 Å². The van der Waals surface area contributed by atoms with Gasteiger partial charge in [0.1, 0.15) is 6.61 Å². The van der Waals surface area contributed by atoms with Crippen molar-refractivity contribution in [3.8, 4) is 0 Å². The molecule has 0 radical (unpaired) electrons. The van der Waals surface area contributed by atoms with Gasteiger partial charge in [-0.3, -0.25) is 4.90 Å². The number of carbonyl (C=O) groups is 1. The van der Waals surface area contributed by atoms with Gasteiger partial charge in [-0.15, -0.1) is 0 Å². The molecular formula is C20H23NO3. The lowest BCUT2D eigenvalue weighted by atomic mass is 9.89.